The smallest absolute Gasteiger partial charge is 0.347 e. The van der Waals surface area contributed by atoms with E-state index in [1.54, 1.807) is 12.1 Å². The number of hydroxylamine groups is 3. The van der Waals surface area contributed by atoms with Gasteiger partial charge in [0.05, 0.1) is 5.56 Å². The van der Waals surface area contributed by atoms with Crippen LogP contribution in [0, 0.1) is 16.5 Å². The minimum Gasteiger partial charge on any atom is -0.624 e. The Kier molecular flexibility index (Phi) is 4.68. The van der Waals surface area contributed by atoms with Gasteiger partial charge in [0.15, 0.2) is 6.04 Å². The van der Waals surface area contributed by atoms with Crippen molar-refractivity contribution in [3.05, 3.63) is 34.5 Å². The van der Waals surface area contributed by atoms with Crippen LogP contribution >= 0.6 is 0 Å². The molecule has 1 aromatic rings. The molecule has 160 valence electrons. The van der Waals surface area contributed by atoms with Gasteiger partial charge in [-0.05, 0) is 49.1 Å². The van der Waals surface area contributed by atoms with Crippen LogP contribution in [0.5, 0.6) is 0 Å². The third kappa shape index (κ3) is 3.14. The van der Waals surface area contributed by atoms with Gasteiger partial charge in [-0.2, -0.15) is 0 Å². The van der Waals surface area contributed by atoms with Gasteiger partial charge in [-0.1, -0.05) is 6.07 Å². The molecule has 0 bridgehead atoms. The molecule has 3 heterocycles. The highest BCUT2D eigenvalue weighted by molar-refractivity contribution is 6.02. The van der Waals surface area contributed by atoms with Gasteiger partial charge in [-0.25, -0.2) is 4.79 Å². The van der Waals surface area contributed by atoms with E-state index in [0.717, 1.165) is 25.3 Å². The summed E-state index contributed by atoms with van der Waals surface area (Å²) in [7, 11) is 0. The number of hydrogen-bond donors (Lipinski definition) is 3. The van der Waals surface area contributed by atoms with E-state index in [2.05, 4.69) is 16.0 Å². The van der Waals surface area contributed by atoms with Gasteiger partial charge in [-0.15, -0.1) is 0 Å². The van der Waals surface area contributed by atoms with Crippen molar-refractivity contribution in [1.29, 1.82) is 0 Å². The van der Waals surface area contributed by atoms with Crippen LogP contribution in [0.3, 0.4) is 0 Å². The maximum absolute atomic E-state index is 13.5. The molecule has 1 spiro atoms. The van der Waals surface area contributed by atoms with E-state index >= 15 is 0 Å². The number of amides is 3. The van der Waals surface area contributed by atoms with Crippen LogP contribution in [0.1, 0.15) is 54.4 Å². The van der Waals surface area contributed by atoms with E-state index in [4.69, 9.17) is 0 Å². The average molecular weight is 412 g/mol. The van der Waals surface area contributed by atoms with Crippen LogP contribution in [-0.2, 0) is 16.1 Å². The highest BCUT2D eigenvalue weighted by Crippen LogP contribution is 2.42. The lowest BCUT2D eigenvalue weighted by atomic mass is 9.67. The molecule has 1 saturated carbocycles. The number of anilines is 1. The number of carbonyl (C=O) groups is 3. The molecule has 5 rings (SSSR count). The van der Waals surface area contributed by atoms with Crippen molar-refractivity contribution in [1.82, 2.24) is 10.6 Å². The highest BCUT2D eigenvalue weighted by Gasteiger charge is 2.50. The van der Waals surface area contributed by atoms with E-state index in [-0.39, 0.29) is 25.3 Å². The van der Waals surface area contributed by atoms with Crippen LogP contribution < -0.4 is 16.0 Å². The number of nitrogens with one attached hydrogen (secondary N) is 3. The molecule has 8 nitrogen and oxygen atoms in total. The van der Waals surface area contributed by atoms with Crippen LogP contribution in [0.15, 0.2) is 18.2 Å². The van der Waals surface area contributed by atoms with Gasteiger partial charge in [0, 0.05) is 43.7 Å². The molecule has 3 amide bonds. The summed E-state index contributed by atoms with van der Waals surface area (Å²) in [6.45, 7) is 3.05. The number of nitrogens with zero attached hydrogens (tertiary/aromatic N) is 1. The quantitative estimate of drug-likeness (QED) is 0.394. The topological polar surface area (TPSA) is 110 Å². The highest BCUT2D eigenvalue weighted by atomic mass is 16.6. The Balaban J connectivity index is 1.29. The Hall–Kier alpha value is -2.29. The Bertz CT molecular complexity index is 902. The Morgan fingerprint density at radius 3 is 2.57 bits per heavy atom. The van der Waals surface area contributed by atoms with Crippen molar-refractivity contribution < 1.29 is 19.0 Å². The Labute approximate surface area is 175 Å². The molecule has 0 aromatic heterocycles. The minimum absolute atomic E-state index is 0.0664. The molecular formula is C22H28N4O4. The zero-order chi connectivity index (χ0) is 20.9. The maximum Gasteiger partial charge on any atom is 0.347 e. The van der Waals surface area contributed by atoms with E-state index in [9.17, 15) is 19.6 Å². The monoisotopic (exact) mass is 412 g/mol. The van der Waals surface area contributed by atoms with E-state index in [1.165, 1.54) is 25.7 Å². The number of piperidine rings is 1. The zero-order valence-corrected chi connectivity index (χ0v) is 17.0. The Morgan fingerprint density at radius 2 is 1.90 bits per heavy atom. The molecule has 4 aliphatic rings. The maximum atomic E-state index is 13.5. The summed E-state index contributed by atoms with van der Waals surface area (Å²) in [5.74, 6) is -1.02. The van der Waals surface area contributed by atoms with Crippen LogP contribution in [0.25, 0.3) is 0 Å². The molecule has 2 unspecified atom stereocenters. The number of carbonyl (C=O) groups excluding carboxylic acids is 3. The predicted octanol–water partition coefficient (Wildman–Crippen LogP) is 1.65. The number of imide groups is 1. The summed E-state index contributed by atoms with van der Waals surface area (Å²) in [5.41, 5.74) is 2.42. The fourth-order valence-electron chi connectivity index (χ4n) is 5.55. The summed E-state index contributed by atoms with van der Waals surface area (Å²) in [6.07, 6.45) is 5.10. The molecule has 3 N–H and O–H groups in total. The molecule has 8 heteroatoms. The van der Waals surface area contributed by atoms with E-state index in [0.29, 0.717) is 22.5 Å². The first kappa shape index (κ1) is 19.7. The minimum atomic E-state index is -1.23. The largest absolute Gasteiger partial charge is 0.624 e. The van der Waals surface area contributed by atoms with Crippen molar-refractivity contribution in [3.8, 4) is 0 Å². The average Bonchev–Trinajstić information content (AvgIpc) is 2.97. The van der Waals surface area contributed by atoms with Gasteiger partial charge in [0.25, 0.3) is 5.91 Å². The second-order valence-corrected chi connectivity index (χ2v) is 9.49. The van der Waals surface area contributed by atoms with Gasteiger partial charge in [0.2, 0.25) is 5.91 Å². The molecule has 1 aromatic carbocycles. The molecule has 3 fully saturated rings. The first-order valence-electron chi connectivity index (χ1n) is 10.9. The van der Waals surface area contributed by atoms with Crippen molar-refractivity contribution in [2.45, 2.75) is 51.1 Å². The van der Waals surface area contributed by atoms with Crippen LogP contribution in [0.2, 0.25) is 0 Å². The molecular weight excluding hydrogens is 384 g/mol. The molecule has 2 saturated heterocycles. The second-order valence-electron chi connectivity index (χ2n) is 9.49. The fraction of sp³-hybridized carbons (Fsp3) is 0.591. The number of fused-ring (bicyclic) bond motifs is 1. The Morgan fingerprint density at radius 1 is 1.13 bits per heavy atom. The first-order chi connectivity index (χ1) is 14.4. The third-order valence-corrected chi connectivity index (χ3v) is 7.60. The lowest BCUT2D eigenvalue weighted by Gasteiger charge is -2.47. The summed E-state index contributed by atoms with van der Waals surface area (Å²) in [4.78, 5) is 36.7. The first-order valence-corrected chi connectivity index (χ1v) is 10.9. The van der Waals surface area contributed by atoms with E-state index < -0.39 is 22.5 Å². The molecule has 0 radical (unpaired) electrons. The van der Waals surface area contributed by atoms with Crippen LogP contribution in [0.4, 0.5) is 5.69 Å². The lowest BCUT2D eigenvalue weighted by Crippen LogP contribution is -2.60. The van der Waals surface area contributed by atoms with E-state index in [1.807, 2.05) is 6.07 Å². The summed E-state index contributed by atoms with van der Waals surface area (Å²) >= 11 is 0. The van der Waals surface area contributed by atoms with Gasteiger partial charge >= 0.3 is 5.91 Å². The van der Waals surface area contributed by atoms with Crippen molar-refractivity contribution in [2.75, 3.05) is 25.0 Å². The summed E-state index contributed by atoms with van der Waals surface area (Å²) in [6, 6.07) is 4.29. The summed E-state index contributed by atoms with van der Waals surface area (Å²) in [5, 5.41) is 22.6. The number of hydrogen-bond acceptors (Lipinski definition) is 6. The molecule has 30 heavy (non-hydrogen) atoms. The molecule has 2 atom stereocenters. The van der Waals surface area contributed by atoms with Gasteiger partial charge in [-0.3, -0.25) is 19.6 Å². The van der Waals surface area contributed by atoms with Gasteiger partial charge < -0.3 is 15.8 Å². The number of quaternary nitrogens is 1. The van der Waals surface area contributed by atoms with Crippen molar-refractivity contribution in [2.24, 2.45) is 11.3 Å². The standard InChI is InChI=1S/C22H28N4O4/c27-19-5-4-18(20(28)25-19)26(30)11-16-15(21(26)29)2-1-3-17(16)24-10-14-6-8-22(9-7-14)12-23-13-22/h1-3,14,18,23-24H,4-13H2,(H,25,27,28). The normalized spacial score (nSPS) is 30.7. The fourth-order valence-corrected chi connectivity index (χ4v) is 5.55. The van der Waals surface area contributed by atoms with Crippen LogP contribution in [-0.4, -0.2) is 48.0 Å². The predicted molar refractivity (Wildman–Crippen MR) is 110 cm³/mol. The second kappa shape index (κ2) is 7.14. The lowest BCUT2D eigenvalue weighted by molar-refractivity contribution is -0.825. The summed E-state index contributed by atoms with van der Waals surface area (Å²) < 4.78 is -1.23. The number of benzene rings is 1. The van der Waals surface area contributed by atoms with Gasteiger partial charge in [0.1, 0.15) is 6.54 Å². The zero-order valence-electron chi connectivity index (χ0n) is 17.0. The third-order valence-electron chi connectivity index (χ3n) is 7.60. The SMILES string of the molecule is O=C1CCC([N+]2([O-])Cc3c(NCC4CCC5(CC4)CNC5)cccc3C2=O)C(=O)N1. The van der Waals surface area contributed by atoms with Crippen molar-refractivity contribution >= 4 is 23.4 Å². The number of rotatable bonds is 4. The molecule has 1 aliphatic carbocycles. The molecule has 3 aliphatic heterocycles. The van der Waals surface area contributed by atoms with Crippen molar-refractivity contribution in [3.63, 3.8) is 0 Å².